The van der Waals surface area contributed by atoms with Crippen LogP contribution in [0.4, 0.5) is 4.79 Å². The minimum atomic E-state index is -0.823. The average molecular weight is 494 g/mol. The van der Waals surface area contributed by atoms with Crippen molar-refractivity contribution >= 4 is 23.9 Å². The van der Waals surface area contributed by atoms with E-state index >= 15 is 0 Å². The first-order chi connectivity index (χ1) is 16.0. The molecule has 2 heterocycles. The summed E-state index contributed by atoms with van der Waals surface area (Å²) >= 11 is 0. The van der Waals surface area contributed by atoms with Crippen molar-refractivity contribution in [3.8, 4) is 0 Å². The quantitative estimate of drug-likeness (QED) is 0.466. The zero-order valence-corrected chi connectivity index (χ0v) is 22.8. The maximum Gasteiger partial charge on any atom is 0.408 e. The van der Waals surface area contributed by atoms with Crippen LogP contribution in [0.25, 0.3) is 0 Å². The third-order valence-electron chi connectivity index (χ3n) is 7.49. The van der Waals surface area contributed by atoms with Crippen molar-refractivity contribution < 1.29 is 28.7 Å². The van der Waals surface area contributed by atoms with Gasteiger partial charge in [0, 0.05) is 6.54 Å². The molecular weight excluding hydrogens is 450 g/mol. The van der Waals surface area contributed by atoms with Crippen molar-refractivity contribution in [3.63, 3.8) is 0 Å². The van der Waals surface area contributed by atoms with Crippen LogP contribution in [-0.4, -0.2) is 76.1 Å². The Hall–Kier alpha value is -2.32. The molecule has 5 atom stereocenters. The van der Waals surface area contributed by atoms with Gasteiger partial charge in [-0.2, -0.15) is 0 Å². The van der Waals surface area contributed by atoms with Crippen LogP contribution in [0.3, 0.4) is 0 Å². The molecule has 0 aromatic heterocycles. The summed E-state index contributed by atoms with van der Waals surface area (Å²) in [6.45, 7) is 17.2. The van der Waals surface area contributed by atoms with Crippen LogP contribution < -0.4 is 5.32 Å². The van der Waals surface area contributed by atoms with Gasteiger partial charge in [0.05, 0.1) is 12.1 Å². The highest BCUT2D eigenvalue weighted by Gasteiger charge is 2.62. The third-order valence-corrected chi connectivity index (χ3v) is 7.49. The van der Waals surface area contributed by atoms with Crippen molar-refractivity contribution in [1.82, 2.24) is 15.1 Å². The Balaban J connectivity index is 1.87. The molecule has 1 aliphatic carbocycles. The number of alkyl carbamates (subject to hydrolysis) is 1. The molecule has 3 fully saturated rings. The van der Waals surface area contributed by atoms with Gasteiger partial charge in [0.15, 0.2) is 0 Å². The summed E-state index contributed by atoms with van der Waals surface area (Å²) in [7, 11) is 0. The second-order valence-corrected chi connectivity index (χ2v) is 12.8. The van der Waals surface area contributed by atoms with Crippen molar-refractivity contribution in [2.45, 2.75) is 111 Å². The predicted octanol–water partition coefficient (Wildman–Crippen LogP) is 3.11. The first-order valence-corrected chi connectivity index (χ1v) is 12.8. The molecule has 9 nitrogen and oxygen atoms in total. The third kappa shape index (κ3) is 5.14. The Morgan fingerprint density at radius 3 is 2.26 bits per heavy atom. The Morgan fingerprint density at radius 2 is 1.74 bits per heavy atom. The fourth-order valence-electron chi connectivity index (χ4n) is 6.01. The summed E-state index contributed by atoms with van der Waals surface area (Å²) in [6.07, 6.45) is 2.26. The number of esters is 1. The Labute approximate surface area is 209 Å². The smallest absolute Gasteiger partial charge is 0.408 e. The van der Waals surface area contributed by atoms with Crippen LogP contribution in [0.1, 0.15) is 81.6 Å². The van der Waals surface area contributed by atoms with Gasteiger partial charge < -0.3 is 24.6 Å². The van der Waals surface area contributed by atoms with E-state index in [9.17, 15) is 19.2 Å². The van der Waals surface area contributed by atoms with Gasteiger partial charge in [-0.05, 0) is 71.6 Å². The number of nitrogens with zero attached hydrogens (tertiary/aromatic N) is 2. The van der Waals surface area contributed by atoms with Gasteiger partial charge >= 0.3 is 12.1 Å². The van der Waals surface area contributed by atoms with Crippen molar-refractivity contribution in [3.05, 3.63) is 0 Å². The summed E-state index contributed by atoms with van der Waals surface area (Å²) in [4.78, 5) is 56.1. The van der Waals surface area contributed by atoms with E-state index in [1.165, 1.54) is 0 Å². The molecule has 9 heteroatoms. The summed E-state index contributed by atoms with van der Waals surface area (Å²) in [5, 5.41) is 2.68. The summed E-state index contributed by atoms with van der Waals surface area (Å²) in [6, 6.07) is -2.22. The molecule has 0 bridgehead atoms. The summed E-state index contributed by atoms with van der Waals surface area (Å²) in [5.74, 6) is -0.555. The fraction of sp³-hybridized carbons (Fsp3) is 0.846. The lowest BCUT2D eigenvalue weighted by atomic mass is 9.74. The topological polar surface area (TPSA) is 105 Å². The first kappa shape index (κ1) is 27.3. The number of rotatable bonds is 5. The van der Waals surface area contributed by atoms with E-state index in [0.29, 0.717) is 6.54 Å². The van der Waals surface area contributed by atoms with Crippen LogP contribution in [0.2, 0.25) is 0 Å². The minimum Gasteiger partial charge on any atom is -0.464 e. The van der Waals surface area contributed by atoms with Crippen LogP contribution in [0, 0.1) is 17.3 Å². The van der Waals surface area contributed by atoms with Gasteiger partial charge in [-0.3, -0.25) is 9.59 Å². The number of nitrogens with one attached hydrogen (secondary N) is 1. The van der Waals surface area contributed by atoms with E-state index < -0.39 is 40.8 Å². The van der Waals surface area contributed by atoms with E-state index in [0.717, 1.165) is 19.3 Å². The standard InChI is InChI=1S/C26H43N3O6/c1-10-34-22(32)17-16-13-11-12-15(16)14-28(17)21(31)19(24(2,3)4)29-20(30)18(26(29,8)9)27-23(33)35-25(5,6)7/h15-19H,10-14H2,1-9H3,(H,27,33)/t15-,16-,17-,18+,19+/m0/s1. The number of ether oxygens (including phenoxy) is 2. The number of β-lactam (4-membered cyclic amide) rings is 1. The maximum atomic E-state index is 14.1. The molecule has 3 aliphatic rings. The largest absolute Gasteiger partial charge is 0.464 e. The molecule has 35 heavy (non-hydrogen) atoms. The highest BCUT2D eigenvalue weighted by Crippen LogP contribution is 2.46. The normalized spacial score (nSPS) is 28.8. The predicted molar refractivity (Wildman–Crippen MR) is 130 cm³/mol. The second kappa shape index (κ2) is 9.28. The molecule has 0 spiro atoms. The summed E-state index contributed by atoms with van der Waals surface area (Å²) < 4.78 is 10.7. The number of carbonyl (C=O) groups excluding carboxylic acids is 4. The highest BCUT2D eigenvalue weighted by atomic mass is 16.6. The molecule has 0 aromatic rings. The molecule has 198 valence electrons. The van der Waals surface area contributed by atoms with Crippen molar-refractivity contribution in [2.24, 2.45) is 17.3 Å². The first-order valence-electron chi connectivity index (χ1n) is 12.8. The molecule has 3 rings (SSSR count). The lowest BCUT2D eigenvalue weighted by Gasteiger charge is -2.59. The number of fused-ring (bicyclic) bond motifs is 1. The number of carbonyl (C=O) groups is 4. The lowest BCUT2D eigenvalue weighted by Crippen LogP contribution is -2.81. The number of hydrogen-bond acceptors (Lipinski definition) is 6. The SMILES string of the molecule is CCOC(=O)[C@@H]1[C@H]2CCC[C@H]2CN1C(=O)[C@@H](N1C(=O)[C@@H](NC(=O)OC(C)(C)C)C1(C)C)C(C)(C)C. The van der Waals surface area contributed by atoms with Gasteiger partial charge in [0.25, 0.3) is 0 Å². The Kier molecular flexibility index (Phi) is 7.23. The van der Waals surface area contributed by atoms with E-state index in [1.54, 1.807) is 37.5 Å². The fourth-order valence-corrected chi connectivity index (χ4v) is 6.01. The number of hydrogen-bond donors (Lipinski definition) is 1. The van der Waals surface area contributed by atoms with Crippen LogP contribution >= 0.6 is 0 Å². The Morgan fingerprint density at radius 1 is 1.11 bits per heavy atom. The zero-order valence-electron chi connectivity index (χ0n) is 22.8. The van der Waals surface area contributed by atoms with Gasteiger partial charge in [0.2, 0.25) is 11.8 Å². The molecule has 3 amide bonds. The van der Waals surface area contributed by atoms with Gasteiger partial charge in [0.1, 0.15) is 23.7 Å². The van der Waals surface area contributed by atoms with Crippen molar-refractivity contribution in [1.29, 1.82) is 0 Å². The van der Waals surface area contributed by atoms with Crippen molar-refractivity contribution in [2.75, 3.05) is 13.2 Å². The van der Waals surface area contributed by atoms with E-state index in [4.69, 9.17) is 9.47 Å². The zero-order chi connectivity index (χ0) is 26.5. The Bertz CT molecular complexity index is 871. The number of likely N-dealkylation sites (tertiary alicyclic amines) is 2. The molecule has 1 saturated carbocycles. The van der Waals surface area contributed by atoms with E-state index in [2.05, 4.69) is 5.32 Å². The monoisotopic (exact) mass is 493 g/mol. The molecule has 0 radical (unpaired) electrons. The van der Waals surface area contributed by atoms with Crippen LogP contribution in [-0.2, 0) is 23.9 Å². The van der Waals surface area contributed by atoms with Crippen LogP contribution in [0.5, 0.6) is 0 Å². The average Bonchev–Trinajstić information content (AvgIpc) is 3.28. The minimum absolute atomic E-state index is 0.0975. The second-order valence-electron chi connectivity index (χ2n) is 12.8. The lowest BCUT2D eigenvalue weighted by molar-refractivity contribution is -0.180. The molecule has 1 N–H and O–H groups in total. The van der Waals surface area contributed by atoms with E-state index in [-0.39, 0.29) is 36.2 Å². The number of amides is 3. The van der Waals surface area contributed by atoms with Gasteiger partial charge in [-0.25, -0.2) is 9.59 Å². The molecule has 0 unspecified atom stereocenters. The molecule has 2 saturated heterocycles. The van der Waals surface area contributed by atoms with E-state index in [1.807, 2.05) is 34.6 Å². The molecular formula is C26H43N3O6. The van der Waals surface area contributed by atoms with Crippen LogP contribution in [0.15, 0.2) is 0 Å². The van der Waals surface area contributed by atoms with Gasteiger partial charge in [-0.15, -0.1) is 0 Å². The summed E-state index contributed by atoms with van der Waals surface area (Å²) in [5.41, 5.74) is -2.12. The van der Waals surface area contributed by atoms with Gasteiger partial charge in [-0.1, -0.05) is 27.2 Å². The molecule has 2 aliphatic heterocycles. The highest BCUT2D eigenvalue weighted by molar-refractivity contribution is 5.99. The molecule has 0 aromatic carbocycles. The maximum absolute atomic E-state index is 14.1.